The summed E-state index contributed by atoms with van der Waals surface area (Å²) in [5.74, 6) is -0.616. The van der Waals surface area contributed by atoms with Crippen molar-refractivity contribution >= 4 is 11.6 Å². The number of ketones is 2. The lowest BCUT2D eigenvalue weighted by Gasteiger charge is -2.35. The third-order valence-electron chi connectivity index (χ3n) is 5.24. The van der Waals surface area contributed by atoms with Crippen molar-refractivity contribution in [2.75, 3.05) is 0 Å². The van der Waals surface area contributed by atoms with Gasteiger partial charge in [0.2, 0.25) is 5.78 Å². The first-order valence-electron chi connectivity index (χ1n) is 8.23. The molecule has 4 nitrogen and oxygen atoms in total. The standard InChI is InChI=1S/C19H23NO3/c1-4-13(21)15-16(20)18(23)14-10-6-5-9-19(2,3)12(10)8-7-11(14)17(15)22/h7-8,13,21H,4-6,9,20H2,1-3H3. The highest BCUT2D eigenvalue weighted by atomic mass is 16.3. The first-order valence-corrected chi connectivity index (χ1v) is 8.23. The number of Topliss-reactive ketones (excluding diaryl/α,β-unsaturated/α-hetero) is 2. The van der Waals surface area contributed by atoms with Gasteiger partial charge in [0.25, 0.3) is 0 Å². The van der Waals surface area contributed by atoms with Gasteiger partial charge in [0.15, 0.2) is 5.78 Å². The second kappa shape index (κ2) is 5.31. The minimum atomic E-state index is -0.993. The maximum atomic E-state index is 12.8. The fourth-order valence-corrected chi connectivity index (χ4v) is 3.89. The summed E-state index contributed by atoms with van der Waals surface area (Å²) in [6.07, 6.45) is 2.20. The van der Waals surface area contributed by atoms with Crippen LogP contribution in [0.2, 0.25) is 0 Å². The van der Waals surface area contributed by atoms with Crippen LogP contribution in [0.5, 0.6) is 0 Å². The van der Waals surface area contributed by atoms with Crippen LogP contribution in [0.4, 0.5) is 0 Å². The van der Waals surface area contributed by atoms with E-state index in [0.717, 1.165) is 30.4 Å². The zero-order valence-corrected chi connectivity index (χ0v) is 13.9. The molecule has 0 radical (unpaired) electrons. The number of aliphatic hydroxyl groups is 1. The van der Waals surface area contributed by atoms with E-state index in [1.165, 1.54) is 0 Å². The van der Waals surface area contributed by atoms with Crippen molar-refractivity contribution in [2.45, 2.75) is 58.0 Å². The Morgan fingerprint density at radius 3 is 2.61 bits per heavy atom. The summed E-state index contributed by atoms with van der Waals surface area (Å²) in [5, 5.41) is 10.1. The Bertz CT molecular complexity index is 743. The molecule has 0 amide bonds. The molecule has 0 aromatic heterocycles. The number of carbonyl (C=O) groups is 2. The van der Waals surface area contributed by atoms with E-state index in [2.05, 4.69) is 13.8 Å². The van der Waals surface area contributed by atoms with E-state index < -0.39 is 6.10 Å². The van der Waals surface area contributed by atoms with Crippen LogP contribution in [0, 0.1) is 0 Å². The number of carbonyl (C=O) groups excluding carboxylic acids is 2. The van der Waals surface area contributed by atoms with Crippen LogP contribution in [-0.4, -0.2) is 22.8 Å². The van der Waals surface area contributed by atoms with Gasteiger partial charge in [-0.2, -0.15) is 0 Å². The Morgan fingerprint density at radius 1 is 1.26 bits per heavy atom. The first-order chi connectivity index (χ1) is 10.8. The van der Waals surface area contributed by atoms with E-state index in [4.69, 9.17) is 5.73 Å². The van der Waals surface area contributed by atoms with Crippen LogP contribution in [0.15, 0.2) is 23.4 Å². The van der Waals surface area contributed by atoms with Crippen LogP contribution < -0.4 is 5.73 Å². The smallest absolute Gasteiger partial charge is 0.210 e. The second-order valence-corrected chi connectivity index (χ2v) is 7.16. The van der Waals surface area contributed by atoms with Crippen molar-refractivity contribution in [3.63, 3.8) is 0 Å². The summed E-state index contributed by atoms with van der Waals surface area (Å²) < 4.78 is 0. The third-order valence-corrected chi connectivity index (χ3v) is 5.24. The topological polar surface area (TPSA) is 80.4 Å². The maximum Gasteiger partial charge on any atom is 0.210 e. The van der Waals surface area contributed by atoms with Gasteiger partial charge in [-0.15, -0.1) is 0 Å². The van der Waals surface area contributed by atoms with E-state index >= 15 is 0 Å². The van der Waals surface area contributed by atoms with Crippen LogP contribution in [0.3, 0.4) is 0 Å². The van der Waals surface area contributed by atoms with Gasteiger partial charge in [0.1, 0.15) is 0 Å². The van der Waals surface area contributed by atoms with Crippen molar-refractivity contribution in [2.24, 2.45) is 5.73 Å². The van der Waals surface area contributed by atoms with Gasteiger partial charge in [0, 0.05) is 11.1 Å². The van der Waals surface area contributed by atoms with Gasteiger partial charge in [-0.1, -0.05) is 26.8 Å². The second-order valence-electron chi connectivity index (χ2n) is 7.16. The van der Waals surface area contributed by atoms with Gasteiger partial charge < -0.3 is 10.8 Å². The Kier molecular flexibility index (Phi) is 3.68. The van der Waals surface area contributed by atoms with Crippen molar-refractivity contribution in [3.8, 4) is 0 Å². The Balaban J connectivity index is 2.24. The lowest BCUT2D eigenvalue weighted by atomic mass is 9.69. The van der Waals surface area contributed by atoms with E-state index in [-0.39, 0.29) is 28.3 Å². The van der Waals surface area contributed by atoms with Gasteiger partial charge in [-0.3, -0.25) is 9.59 Å². The first kappa shape index (κ1) is 15.9. The molecule has 0 saturated carbocycles. The SMILES string of the molecule is CCC(O)C1=C(N)C(=O)c2c(ccc3c2CCCC3(C)C)C1=O. The molecule has 0 heterocycles. The van der Waals surface area contributed by atoms with Gasteiger partial charge in [-0.25, -0.2) is 0 Å². The van der Waals surface area contributed by atoms with E-state index in [1.807, 2.05) is 6.07 Å². The lowest BCUT2D eigenvalue weighted by Crippen LogP contribution is -2.35. The van der Waals surface area contributed by atoms with Crippen molar-refractivity contribution in [1.82, 2.24) is 0 Å². The predicted molar refractivity (Wildman–Crippen MR) is 88.6 cm³/mol. The van der Waals surface area contributed by atoms with Crippen LogP contribution >= 0.6 is 0 Å². The molecule has 3 rings (SSSR count). The number of allylic oxidation sites excluding steroid dienone is 1. The summed E-state index contributed by atoms with van der Waals surface area (Å²) in [4.78, 5) is 25.6. The quantitative estimate of drug-likeness (QED) is 0.879. The fraction of sp³-hybridized carbons (Fsp3) is 0.474. The zero-order chi connectivity index (χ0) is 16.9. The number of aliphatic hydroxyl groups excluding tert-OH is 1. The minimum absolute atomic E-state index is 0.00632. The molecule has 1 aromatic carbocycles. The summed E-state index contributed by atoms with van der Waals surface area (Å²) >= 11 is 0. The van der Waals surface area contributed by atoms with Gasteiger partial charge >= 0.3 is 0 Å². The Labute approximate surface area is 136 Å². The van der Waals surface area contributed by atoms with Crippen molar-refractivity contribution < 1.29 is 14.7 Å². The van der Waals surface area contributed by atoms with Crippen LogP contribution in [-0.2, 0) is 11.8 Å². The molecular formula is C19H23NO3. The highest BCUT2D eigenvalue weighted by molar-refractivity contribution is 6.27. The average Bonchev–Trinajstić information content (AvgIpc) is 2.51. The monoisotopic (exact) mass is 313 g/mol. The highest BCUT2D eigenvalue weighted by Gasteiger charge is 2.38. The molecule has 0 spiro atoms. The number of nitrogens with two attached hydrogens (primary N) is 1. The predicted octanol–water partition coefficient (Wildman–Crippen LogP) is 2.66. The normalized spacial score (nSPS) is 21.0. The summed E-state index contributed by atoms with van der Waals surface area (Å²) in [7, 11) is 0. The van der Waals surface area contributed by atoms with Crippen LogP contribution in [0.1, 0.15) is 71.9 Å². The molecule has 1 unspecified atom stereocenters. The summed E-state index contributed by atoms with van der Waals surface area (Å²) in [6, 6.07) is 3.70. The molecule has 0 aliphatic heterocycles. The Hall–Kier alpha value is -1.94. The molecule has 1 aromatic rings. The highest BCUT2D eigenvalue weighted by Crippen LogP contribution is 2.41. The largest absolute Gasteiger partial charge is 0.395 e. The summed E-state index contributed by atoms with van der Waals surface area (Å²) in [5.41, 5.74) is 8.87. The van der Waals surface area contributed by atoms with Crippen molar-refractivity contribution in [3.05, 3.63) is 45.7 Å². The lowest BCUT2D eigenvalue weighted by molar-refractivity contribution is 0.0933. The molecule has 0 bridgehead atoms. The molecule has 23 heavy (non-hydrogen) atoms. The fourth-order valence-electron chi connectivity index (χ4n) is 3.89. The third kappa shape index (κ3) is 2.24. The van der Waals surface area contributed by atoms with E-state index in [1.54, 1.807) is 13.0 Å². The molecule has 0 fully saturated rings. The van der Waals surface area contributed by atoms with Gasteiger partial charge in [0.05, 0.1) is 17.4 Å². The number of hydrogen-bond donors (Lipinski definition) is 2. The minimum Gasteiger partial charge on any atom is -0.395 e. The number of fused-ring (bicyclic) bond motifs is 3. The molecule has 1 atom stereocenters. The molecule has 122 valence electrons. The number of rotatable bonds is 2. The van der Waals surface area contributed by atoms with E-state index in [0.29, 0.717) is 17.5 Å². The molecule has 0 saturated heterocycles. The number of benzene rings is 1. The molecule has 4 heteroatoms. The zero-order valence-electron chi connectivity index (χ0n) is 13.9. The molecule has 2 aliphatic rings. The van der Waals surface area contributed by atoms with Crippen molar-refractivity contribution in [1.29, 1.82) is 0 Å². The average molecular weight is 313 g/mol. The van der Waals surface area contributed by atoms with Gasteiger partial charge in [-0.05, 0) is 48.3 Å². The molecular weight excluding hydrogens is 290 g/mol. The Morgan fingerprint density at radius 2 is 1.96 bits per heavy atom. The van der Waals surface area contributed by atoms with Crippen LogP contribution in [0.25, 0.3) is 0 Å². The van der Waals surface area contributed by atoms with E-state index in [9.17, 15) is 14.7 Å². The summed E-state index contributed by atoms with van der Waals surface area (Å²) in [6.45, 7) is 6.09. The molecule has 2 aliphatic carbocycles. The maximum absolute atomic E-state index is 12.8. The molecule has 3 N–H and O–H groups in total. The number of hydrogen-bond acceptors (Lipinski definition) is 4.